The van der Waals surface area contributed by atoms with Crippen LogP contribution in [0.4, 0.5) is 5.69 Å². The first-order chi connectivity index (χ1) is 16.6. The average Bonchev–Trinajstić information content (AvgIpc) is 3.17. The lowest BCUT2D eigenvalue weighted by Crippen LogP contribution is -2.28. The number of carbonyl (C=O) groups excluding carboxylic acids is 3. The van der Waals surface area contributed by atoms with Crippen molar-refractivity contribution < 1.29 is 23.9 Å². The molecule has 0 saturated carbocycles. The van der Waals surface area contributed by atoms with Gasteiger partial charge in [-0.2, -0.15) is 0 Å². The first-order valence-electron chi connectivity index (χ1n) is 11.0. The Morgan fingerprint density at radius 3 is 2.21 bits per heavy atom. The molecule has 0 spiro atoms. The van der Waals surface area contributed by atoms with E-state index in [0.717, 1.165) is 15.4 Å². The van der Waals surface area contributed by atoms with Gasteiger partial charge < -0.3 is 14.8 Å². The number of ether oxygens (including phenoxy) is 2. The summed E-state index contributed by atoms with van der Waals surface area (Å²) in [4.78, 5) is 39.9. The van der Waals surface area contributed by atoms with Gasteiger partial charge in [-0.1, -0.05) is 42.1 Å². The van der Waals surface area contributed by atoms with Crippen LogP contribution >= 0.6 is 11.8 Å². The molecule has 0 bridgehead atoms. The lowest BCUT2D eigenvalue weighted by Gasteiger charge is -2.21. The summed E-state index contributed by atoms with van der Waals surface area (Å²) in [6.45, 7) is 1.16. The van der Waals surface area contributed by atoms with Gasteiger partial charge >= 0.3 is 0 Å². The number of hydrogen-bond acceptors (Lipinski definition) is 6. The van der Waals surface area contributed by atoms with Gasteiger partial charge in [-0.25, -0.2) is 0 Å². The topological polar surface area (TPSA) is 84.9 Å². The highest BCUT2D eigenvalue weighted by Crippen LogP contribution is 2.42. The molecule has 2 aliphatic heterocycles. The maximum absolute atomic E-state index is 13.0. The van der Waals surface area contributed by atoms with Gasteiger partial charge in [-0.3, -0.25) is 19.3 Å². The van der Waals surface area contributed by atoms with Gasteiger partial charge in [0, 0.05) is 40.3 Å². The summed E-state index contributed by atoms with van der Waals surface area (Å²) in [7, 11) is 0. The van der Waals surface area contributed by atoms with E-state index in [1.165, 1.54) is 16.7 Å². The molecule has 0 aliphatic carbocycles. The van der Waals surface area contributed by atoms with E-state index in [0.29, 0.717) is 36.0 Å². The summed E-state index contributed by atoms with van der Waals surface area (Å²) >= 11 is 1.53. The summed E-state index contributed by atoms with van der Waals surface area (Å²) < 4.78 is 11.4. The highest BCUT2D eigenvalue weighted by Gasteiger charge is 2.28. The van der Waals surface area contributed by atoms with Gasteiger partial charge in [-0.15, -0.1) is 0 Å². The van der Waals surface area contributed by atoms with E-state index in [1.807, 2.05) is 36.4 Å². The zero-order valence-electron chi connectivity index (χ0n) is 18.3. The molecule has 0 atom stereocenters. The Morgan fingerprint density at radius 2 is 1.53 bits per heavy atom. The maximum atomic E-state index is 13.0. The van der Waals surface area contributed by atoms with E-state index in [9.17, 15) is 14.4 Å². The minimum Gasteiger partial charge on any atom is -0.486 e. The summed E-state index contributed by atoms with van der Waals surface area (Å²) in [6, 6.07) is 20.5. The zero-order chi connectivity index (χ0) is 23.5. The molecule has 1 N–H and O–H groups in total. The van der Waals surface area contributed by atoms with Crippen LogP contribution in [0, 0.1) is 0 Å². The summed E-state index contributed by atoms with van der Waals surface area (Å²) in [5.41, 5.74) is 1.88. The van der Waals surface area contributed by atoms with Gasteiger partial charge in [-0.05, 0) is 29.8 Å². The molecule has 1 saturated heterocycles. The first-order valence-corrected chi connectivity index (χ1v) is 11.8. The molecule has 1 fully saturated rings. The number of hydrogen-bond donors (Lipinski definition) is 1. The third-order valence-corrected chi connectivity index (χ3v) is 6.64. The molecule has 34 heavy (non-hydrogen) atoms. The molecular weight excluding hydrogens is 452 g/mol. The fraction of sp³-hybridized carbons (Fsp3) is 0.192. The Bertz CT molecular complexity index is 1230. The molecule has 7 nitrogen and oxygen atoms in total. The van der Waals surface area contributed by atoms with Crippen molar-refractivity contribution in [3.63, 3.8) is 0 Å². The van der Waals surface area contributed by atoms with Crippen LogP contribution in [-0.4, -0.2) is 35.8 Å². The van der Waals surface area contributed by atoms with Gasteiger partial charge in [0.25, 0.3) is 5.91 Å². The van der Waals surface area contributed by atoms with Crippen LogP contribution in [-0.2, 0) is 16.1 Å². The van der Waals surface area contributed by atoms with Crippen molar-refractivity contribution in [1.29, 1.82) is 0 Å². The van der Waals surface area contributed by atoms with Crippen molar-refractivity contribution in [3.8, 4) is 11.5 Å². The van der Waals surface area contributed by atoms with Crippen LogP contribution < -0.4 is 14.8 Å². The van der Waals surface area contributed by atoms with Crippen LogP contribution in [0.15, 0.2) is 76.5 Å². The predicted molar refractivity (Wildman–Crippen MR) is 127 cm³/mol. The number of benzene rings is 3. The van der Waals surface area contributed by atoms with Gasteiger partial charge in [0.2, 0.25) is 11.8 Å². The number of imide groups is 1. The number of likely N-dealkylation sites (tertiary alicyclic amines) is 1. The van der Waals surface area contributed by atoms with Crippen LogP contribution in [0.25, 0.3) is 0 Å². The maximum Gasteiger partial charge on any atom is 0.255 e. The monoisotopic (exact) mass is 474 g/mol. The Labute approximate surface area is 201 Å². The van der Waals surface area contributed by atoms with Crippen LogP contribution in [0.1, 0.15) is 28.8 Å². The molecule has 3 aromatic rings. The number of carbonyl (C=O) groups is 3. The van der Waals surface area contributed by atoms with Crippen molar-refractivity contribution in [3.05, 3.63) is 77.9 Å². The highest BCUT2D eigenvalue weighted by atomic mass is 32.2. The molecule has 0 radical (unpaired) electrons. The third-order valence-electron chi connectivity index (χ3n) is 5.58. The molecule has 3 amide bonds. The van der Waals surface area contributed by atoms with E-state index in [1.54, 1.807) is 30.3 Å². The summed E-state index contributed by atoms with van der Waals surface area (Å²) in [5.74, 6) is 0.654. The SMILES string of the molecule is O=C(Nc1cc2c(cc1Sc1ccccc1)OCCO2)c1ccc(CN2C(=O)CCC2=O)cc1. The Morgan fingerprint density at radius 1 is 0.882 bits per heavy atom. The van der Waals surface area contributed by atoms with E-state index < -0.39 is 0 Å². The van der Waals surface area contributed by atoms with Crippen LogP contribution in [0.2, 0.25) is 0 Å². The second kappa shape index (κ2) is 9.61. The largest absolute Gasteiger partial charge is 0.486 e. The minimum atomic E-state index is -0.272. The fourth-order valence-electron chi connectivity index (χ4n) is 3.81. The van der Waals surface area contributed by atoms with E-state index in [2.05, 4.69) is 5.32 Å². The van der Waals surface area contributed by atoms with E-state index >= 15 is 0 Å². The summed E-state index contributed by atoms with van der Waals surface area (Å²) in [6.07, 6.45) is 0.524. The van der Waals surface area contributed by atoms with Crippen molar-refractivity contribution in [2.24, 2.45) is 0 Å². The fourth-order valence-corrected chi connectivity index (χ4v) is 4.74. The molecule has 2 aliphatic rings. The smallest absolute Gasteiger partial charge is 0.255 e. The lowest BCUT2D eigenvalue weighted by atomic mass is 10.1. The molecule has 0 aromatic heterocycles. The molecule has 0 unspecified atom stereocenters. The molecule has 3 aromatic carbocycles. The molecule has 5 rings (SSSR count). The number of amides is 3. The second-order valence-electron chi connectivity index (χ2n) is 7.93. The number of nitrogens with zero attached hydrogens (tertiary/aromatic N) is 1. The zero-order valence-corrected chi connectivity index (χ0v) is 19.1. The van der Waals surface area contributed by atoms with Gasteiger partial charge in [0.05, 0.1) is 12.2 Å². The van der Waals surface area contributed by atoms with Crippen LogP contribution in [0.5, 0.6) is 11.5 Å². The number of nitrogens with one attached hydrogen (secondary N) is 1. The van der Waals surface area contributed by atoms with Crippen LogP contribution in [0.3, 0.4) is 0 Å². The third kappa shape index (κ3) is 4.77. The number of rotatable bonds is 6. The standard InChI is InChI=1S/C26H22N2O5S/c29-24-10-11-25(30)28(24)16-17-6-8-18(9-7-17)26(31)27-20-14-21-22(33-13-12-32-21)15-23(20)34-19-4-2-1-3-5-19/h1-9,14-15H,10-13,16H2,(H,27,31). The molecular formula is C26H22N2O5S. The normalized spacial score (nSPS) is 14.9. The quantitative estimate of drug-likeness (QED) is 0.529. The highest BCUT2D eigenvalue weighted by molar-refractivity contribution is 7.99. The Hall–Kier alpha value is -3.78. The van der Waals surface area contributed by atoms with Gasteiger partial charge in [0.1, 0.15) is 13.2 Å². The average molecular weight is 475 g/mol. The van der Waals surface area contributed by atoms with E-state index in [-0.39, 0.29) is 37.1 Å². The van der Waals surface area contributed by atoms with Crippen molar-refractivity contribution >= 4 is 35.2 Å². The summed E-state index contributed by atoms with van der Waals surface area (Å²) in [5, 5.41) is 2.99. The van der Waals surface area contributed by atoms with Crippen molar-refractivity contribution in [1.82, 2.24) is 4.90 Å². The minimum absolute atomic E-state index is 0.158. The predicted octanol–water partition coefficient (Wildman–Crippen LogP) is 4.51. The van der Waals surface area contributed by atoms with E-state index in [4.69, 9.17) is 9.47 Å². The number of fused-ring (bicyclic) bond motifs is 1. The lowest BCUT2D eigenvalue weighted by molar-refractivity contribution is -0.139. The number of anilines is 1. The molecule has 2 heterocycles. The van der Waals surface area contributed by atoms with Gasteiger partial charge in [0.15, 0.2) is 11.5 Å². The molecule has 172 valence electrons. The van der Waals surface area contributed by atoms with Crippen molar-refractivity contribution in [2.75, 3.05) is 18.5 Å². The second-order valence-corrected chi connectivity index (χ2v) is 9.05. The Balaban J connectivity index is 1.35. The first kappa shape index (κ1) is 22.0. The molecule has 8 heteroatoms. The van der Waals surface area contributed by atoms with Crippen molar-refractivity contribution in [2.45, 2.75) is 29.2 Å². The Kier molecular flexibility index (Phi) is 6.22.